The van der Waals surface area contributed by atoms with Gasteiger partial charge in [0.2, 0.25) is 0 Å². The van der Waals surface area contributed by atoms with Crippen molar-refractivity contribution < 1.29 is 9.90 Å². The van der Waals surface area contributed by atoms with E-state index in [-0.39, 0.29) is 12.5 Å². The SMILES string of the molecule is C=C1C=CC=CC[C@H]1N/C(C)=C/CC(=O)O. The van der Waals surface area contributed by atoms with E-state index in [1.54, 1.807) is 6.08 Å². The van der Waals surface area contributed by atoms with E-state index < -0.39 is 5.97 Å². The van der Waals surface area contributed by atoms with Gasteiger partial charge in [-0.25, -0.2) is 0 Å². The average Bonchev–Trinajstić information content (AvgIpc) is 2.42. The van der Waals surface area contributed by atoms with E-state index in [0.29, 0.717) is 0 Å². The molecule has 0 saturated heterocycles. The van der Waals surface area contributed by atoms with Crippen molar-refractivity contribution in [2.45, 2.75) is 25.8 Å². The van der Waals surface area contributed by atoms with E-state index in [4.69, 9.17) is 5.11 Å². The van der Waals surface area contributed by atoms with Crippen LogP contribution in [0, 0.1) is 0 Å². The number of carboxylic acid groups (broad SMARTS) is 1. The third kappa shape index (κ3) is 4.17. The van der Waals surface area contributed by atoms with Gasteiger partial charge in [-0.3, -0.25) is 4.79 Å². The molecule has 1 rings (SSSR count). The molecular formula is C13H17NO2. The number of hydrogen-bond donors (Lipinski definition) is 2. The molecule has 1 atom stereocenters. The first-order chi connectivity index (χ1) is 7.59. The zero-order valence-electron chi connectivity index (χ0n) is 9.44. The molecule has 1 aliphatic carbocycles. The van der Waals surface area contributed by atoms with E-state index in [1.165, 1.54) is 0 Å². The van der Waals surface area contributed by atoms with Gasteiger partial charge in [0.1, 0.15) is 0 Å². The number of nitrogens with one attached hydrogen (secondary N) is 1. The second-order valence-corrected chi connectivity index (χ2v) is 3.78. The average molecular weight is 219 g/mol. The van der Waals surface area contributed by atoms with Crippen molar-refractivity contribution in [2.24, 2.45) is 0 Å². The Morgan fingerprint density at radius 2 is 2.44 bits per heavy atom. The predicted molar refractivity (Wildman–Crippen MR) is 65.0 cm³/mol. The van der Waals surface area contributed by atoms with Gasteiger partial charge in [0.15, 0.2) is 0 Å². The molecule has 0 aromatic rings. The summed E-state index contributed by atoms with van der Waals surface area (Å²) in [7, 11) is 0. The summed E-state index contributed by atoms with van der Waals surface area (Å²) in [5.41, 5.74) is 1.88. The maximum absolute atomic E-state index is 10.4. The van der Waals surface area contributed by atoms with E-state index in [1.807, 2.05) is 25.2 Å². The monoisotopic (exact) mass is 219 g/mol. The molecule has 0 aromatic heterocycles. The predicted octanol–water partition coefficient (Wildman–Crippen LogP) is 2.40. The molecule has 0 aliphatic heterocycles. The molecule has 0 heterocycles. The molecule has 86 valence electrons. The molecule has 0 saturated carbocycles. The minimum absolute atomic E-state index is 0.0453. The quantitative estimate of drug-likeness (QED) is 0.763. The number of carboxylic acids is 1. The zero-order valence-corrected chi connectivity index (χ0v) is 9.44. The van der Waals surface area contributed by atoms with E-state index in [2.05, 4.69) is 18.0 Å². The van der Waals surface area contributed by atoms with Crippen molar-refractivity contribution in [1.29, 1.82) is 0 Å². The highest BCUT2D eigenvalue weighted by Crippen LogP contribution is 2.12. The molecule has 3 nitrogen and oxygen atoms in total. The summed E-state index contributed by atoms with van der Waals surface area (Å²) in [5.74, 6) is -0.819. The highest BCUT2D eigenvalue weighted by atomic mass is 16.4. The largest absolute Gasteiger partial charge is 0.481 e. The molecule has 3 heteroatoms. The van der Waals surface area contributed by atoms with Crippen LogP contribution in [0.15, 0.2) is 48.2 Å². The van der Waals surface area contributed by atoms with Crippen molar-refractivity contribution in [3.8, 4) is 0 Å². The van der Waals surface area contributed by atoms with Crippen molar-refractivity contribution in [3.05, 3.63) is 48.2 Å². The van der Waals surface area contributed by atoms with E-state index in [9.17, 15) is 4.79 Å². The van der Waals surface area contributed by atoms with Gasteiger partial charge in [-0.15, -0.1) is 0 Å². The Morgan fingerprint density at radius 3 is 3.12 bits per heavy atom. The van der Waals surface area contributed by atoms with Crippen molar-refractivity contribution in [2.75, 3.05) is 0 Å². The lowest BCUT2D eigenvalue weighted by atomic mass is 10.1. The fraction of sp³-hybridized carbons (Fsp3) is 0.308. The van der Waals surface area contributed by atoms with Crippen molar-refractivity contribution in [3.63, 3.8) is 0 Å². The van der Waals surface area contributed by atoms with Gasteiger partial charge in [0, 0.05) is 5.70 Å². The standard InChI is InChI=1S/C13H17NO2/c1-10-6-4-3-5-7-12(10)14-11(2)8-9-13(15)16/h3-6,8,12,14H,1,7,9H2,2H3,(H,15,16)/b11-8+/t12-/m1/s1. The first-order valence-corrected chi connectivity index (χ1v) is 5.26. The third-order valence-electron chi connectivity index (χ3n) is 2.36. The molecule has 0 radical (unpaired) electrons. The lowest BCUT2D eigenvalue weighted by Gasteiger charge is -2.18. The Morgan fingerprint density at radius 1 is 1.69 bits per heavy atom. The topological polar surface area (TPSA) is 49.3 Å². The zero-order chi connectivity index (χ0) is 12.0. The van der Waals surface area contributed by atoms with Crippen LogP contribution in [0.2, 0.25) is 0 Å². The Hall–Kier alpha value is -1.77. The Labute approximate surface area is 95.9 Å². The van der Waals surface area contributed by atoms with Crippen LogP contribution in [0.5, 0.6) is 0 Å². The Kier molecular flexibility index (Phi) is 4.58. The number of aliphatic carboxylic acids is 1. The molecule has 0 spiro atoms. The molecule has 0 amide bonds. The second-order valence-electron chi connectivity index (χ2n) is 3.78. The second kappa shape index (κ2) is 5.95. The summed E-state index contributed by atoms with van der Waals surface area (Å²) in [6.07, 6.45) is 10.6. The minimum atomic E-state index is -0.819. The van der Waals surface area contributed by atoms with E-state index in [0.717, 1.165) is 17.7 Å². The fourth-order valence-electron chi connectivity index (χ4n) is 1.47. The van der Waals surface area contributed by atoms with Crippen LogP contribution in [0.25, 0.3) is 0 Å². The van der Waals surface area contributed by atoms with Gasteiger partial charge in [-0.1, -0.05) is 37.0 Å². The third-order valence-corrected chi connectivity index (χ3v) is 2.36. The number of rotatable bonds is 4. The Bertz CT molecular complexity index is 364. The minimum Gasteiger partial charge on any atom is -0.481 e. The number of allylic oxidation sites excluding steroid dienone is 3. The number of carbonyl (C=O) groups is 1. The highest BCUT2D eigenvalue weighted by Gasteiger charge is 2.09. The summed E-state index contributed by atoms with van der Waals surface area (Å²) in [6.45, 7) is 5.84. The van der Waals surface area contributed by atoms with E-state index >= 15 is 0 Å². The molecule has 0 unspecified atom stereocenters. The van der Waals surface area contributed by atoms with Crippen LogP contribution >= 0.6 is 0 Å². The lowest BCUT2D eigenvalue weighted by Crippen LogP contribution is -2.28. The summed E-state index contributed by atoms with van der Waals surface area (Å²) in [5, 5.41) is 11.8. The van der Waals surface area contributed by atoms with Gasteiger partial charge in [0.05, 0.1) is 12.5 Å². The molecule has 2 N–H and O–H groups in total. The first-order valence-electron chi connectivity index (χ1n) is 5.26. The highest BCUT2D eigenvalue weighted by molar-refractivity contribution is 5.68. The number of hydrogen-bond acceptors (Lipinski definition) is 2. The van der Waals surface area contributed by atoms with Crippen LogP contribution in [0.3, 0.4) is 0 Å². The van der Waals surface area contributed by atoms with Gasteiger partial charge in [0.25, 0.3) is 0 Å². The summed E-state index contributed by atoms with van der Waals surface area (Å²) in [4.78, 5) is 10.4. The van der Waals surface area contributed by atoms with Crippen LogP contribution < -0.4 is 5.32 Å². The van der Waals surface area contributed by atoms with Gasteiger partial charge in [-0.05, 0) is 18.9 Å². The Balaban J connectivity index is 2.55. The molecule has 1 aliphatic rings. The molecule has 16 heavy (non-hydrogen) atoms. The van der Waals surface area contributed by atoms with Gasteiger partial charge < -0.3 is 10.4 Å². The summed E-state index contributed by atoms with van der Waals surface area (Å²) < 4.78 is 0. The molecule has 0 bridgehead atoms. The summed E-state index contributed by atoms with van der Waals surface area (Å²) in [6, 6.07) is 0.153. The summed E-state index contributed by atoms with van der Waals surface area (Å²) >= 11 is 0. The van der Waals surface area contributed by atoms with Gasteiger partial charge in [-0.2, -0.15) is 0 Å². The maximum atomic E-state index is 10.4. The van der Waals surface area contributed by atoms with Crippen molar-refractivity contribution >= 4 is 5.97 Å². The van der Waals surface area contributed by atoms with Gasteiger partial charge >= 0.3 is 5.97 Å². The molecule has 0 aromatic carbocycles. The fourth-order valence-corrected chi connectivity index (χ4v) is 1.47. The van der Waals surface area contributed by atoms with Crippen LogP contribution in [-0.4, -0.2) is 17.1 Å². The normalized spacial score (nSPS) is 20.7. The van der Waals surface area contributed by atoms with Crippen LogP contribution in [0.1, 0.15) is 19.8 Å². The lowest BCUT2D eigenvalue weighted by molar-refractivity contribution is -0.136. The molecule has 0 fully saturated rings. The van der Waals surface area contributed by atoms with Crippen LogP contribution in [0.4, 0.5) is 0 Å². The van der Waals surface area contributed by atoms with Crippen molar-refractivity contribution in [1.82, 2.24) is 5.32 Å². The molecular weight excluding hydrogens is 202 g/mol. The maximum Gasteiger partial charge on any atom is 0.307 e. The first kappa shape index (κ1) is 12.3. The van der Waals surface area contributed by atoms with Crippen LogP contribution in [-0.2, 0) is 4.79 Å². The smallest absolute Gasteiger partial charge is 0.307 e.